The highest BCUT2D eigenvalue weighted by Gasteiger charge is 2.28. The number of hydrogen-bond acceptors (Lipinski definition) is 4. The largest absolute Gasteiger partial charge is 0.372 e. The Morgan fingerprint density at radius 1 is 1.10 bits per heavy atom. The molecule has 20 heavy (non-hydrogen) atoms. The van der Waals surface area contributed by atoms with E-state index in [1.54, 1.807) is 0 Å². The van der Waals surface area contributed by atoms with E-state index >= 15 is 0 Å². The zero-order valence-electron chi connectivity index (χ0n) is 13.6. The van der Waals surface area contributed by atoms with Gasteiger partial charge in [-0.25, -0.2) is 0 Å². The van der Waals surface area contributed by atoms with Gasteiger partial charge in [0.05, 0.1) is 12.2 Å². The maximum absolute atomic E-state index is 6.17. The van der Waals surface area contributed by atoms with Crippen LogP contribution in [0.2, 0.25) is 0 Å². The van der Waals surface area contributed by atoms with Crippen molar-refractivity contribution in [2.45, 2.75) is 58.3 Å². The van der Waals surface area contributed by atoms with E-state index in [0.717, 1.165) is 19.6 Å². The van der Waals surface area contributed by atoms with Crippen LogP contribution in [0.15, 0.2) is 0 Å². The smallest absolute Gasteiger partial charge is 0.0707 e. The fourth-order valence-electron chi connectivity index (χ4n) is 3.25. The number of piperazine rings is 1. The van der Waals surface area contributed by atoms with E-state index in [-0.39, 0.29) is 0 Å². The summed E-state index contributed by atoms with van der Waals surface area (Å²) in [5.74, 6) is 0. The van der Waals surface area contributed by atoms with Gasteiger partial charge in [-0.15, -0.1) is 0 Å². The lowest BCUT2D eigenvalue weighted by Crippen LogP contribution is -2.50. The molecule has 0 radical (unpaired) electrons. The highest BCUT2D eigenvalue weighted by molar-refractivity contribution is 4.81. The Hall–Kier alpha value is -0.160. The third-order valence-corrected chi connectivity index (χ3v) is 4.59. The molecule has 118 valence electrons. The molecule has 2 unspecified atom stereocenters. The summed E-state index contributed by atoms with van der Waals surface area (Å²) in [4.78, 5) is 5.16. The fourth-order valence-corrected chi connectivity index (χ4v) is 3.25. The van der Waals surface area contributed by atoms with Gasteiger partial charge >= 0.3 is 0 Å². The van der Waals surface area contributed by atoms with Crippen LogP contribution in [0.4, 0.5) is 0 Å². The van der Waals surface area contributed by atoms with E-state index in [4.69, 9.17) is 4.74 Å². The first-order valence-electron chi connectivity index (χ1n) is 8.51. The molecule has 1 N–H and O–H groups in total. The summed E-state index contributed by atoms with van der Waals surface area (Å²) >= 11 is 0. The monoisotopic (exact) mass is 283 g/mol. The van der Waals surface area contributed by atoms with Crippen LogP contribution in [0.3, 0.4) is 0 Å². The van der Waals surface area contributed by atoms with Crippen molar-refractivity contribution in [1.29, 1.82) is 0 Å². The average Bonchev–Trinajstić information content (AvgIpc) is 2.87. The quantitative estimate of drug-likeness (QED) is 0.718. The summed E-state index contributed by atoms with van der Waals surface area (Å²) in [6, 6.07) is 0.689. The molecule has 2 fully saturated rings. The fraction of sp³-hybridized carbons (Fsp3) is 1.00. The van der Waals surface area contributed by atoms with Crippen LogP contribution in [0, 0.1) is 0 Å². The molecule has 2 saturated heterocycles. The van der Waals surface area contributed by atoms with Crippen LogP contribution >= 0.6 is 0 Å². The molecule has 4 nitrogen and oxygen atoms in total. The first-order valence-corrected chi connectivity index (χ1v) is 8.51. The summed E-state index contributed by atoms with van der Waals surface area (Å²) in [5.41, 5.74) is 0. The van der Waals surface area contributed by atoms with Crippen LogP contribution in [0.5, 0.6) is 0 Å². The van der Waals surface area contributed by atoms with Gasteiger partial charge in [-0.2, -0.15) is 0 Å². The maximum Gasteiger partial charge on any atom is 0.0707 e. The molecule has 0 saturated carbocycles. The van der Waals surface area contributed by atoms with E-state index < -0.39 is 0 Å². The summed E-state index contributed by atoms with van der Waals surface area (Å²) < 4.78 is 6.17. The van der Waals surface area contributed by atoms with E-state index in [0.29, 0.717) is 18.2 Å². The molecule has 0 aromatic heterocycles. The maximum atomic E-state index is 6.17. The molecule has 0 aromatic carbocycles. The molecule has 0 aliphatic carbocycles. The first kappa shape index (κ1) is 16.2. The molecule has 2 aliphatic rings. The second kappa shape index (κ2) is 8.32. The summed E-state index contributed by atoms with van der Waals surface area (Å²) in [6.45, 7) is 14.9. The van der Waals surface area contributed by atoms with Crippen molar-refractivity contribution in [2.24, 2.45) is 0 Å². The van der Waals surface area contributed by atoms with Gasteiger partial charge in [0.2, 0.25) is 0 Å². The van der Waals surface area contributed by atoms with Crippen LogP contribution in [0.1, 0.15) is 40.0 Å². The predicted molar refractivity (Wildman–Crippen MR) is 84.2 cm³/mol. The average molecular weight is 283 g/mol. The SMILES string of the molecule is CCCNCC1CCC(CN2CCN(C(C)C)CC2)O1. The lowest BCUT2D eigenvalue weighted by atomic mass is 10.1. The Labute approximate surface area is 124 Å². The van der Waals surface area contributed by atoms with Crippen molar-refractivity contribution in [3.05, 3.63) is 0 Å². The zero-order valence-corrected chi connectivity index (χ0v) is 13.6. The molecule has 0 amide bonds. The van der Waals surface area contributed by atoms with Crippen molar-refractivity contribution in [1.82, 2.24) is 15.1 Å². The summed E-state index contributed by atoms with van der Waals surface area (Å²) in [7, 11) is 0. The minimum atomic E-state index is 0.448. The number of rotatable bonds is 7. The Morgan fingerprint density at radius 2 is 1.80 bits per heavy atom. The number of nitrogens with zero attached hydrogens (tertiary/aromatic N) is 2. The molecule has 2 heterocycles. The van der Waals surface area contributed by atoms with E-state index in [1.165, 1.54) is 45.4 Å². The molecule has 0 aromatic rings. The second-order valence-corrected chi connectivity index (χ2v) is 6.59. The third kappa shape index (κ3) is 4.99. The highest BCUT2D eigenvalue weighted by Crippen LogP contribution is 2.20. The number of hydrogen-bond donors (Lipinski definition) is 1. The number of ether oxygens (including phenoxy) is 1. The molecule has 2 atom stereocenters. The minimum Gasteiger partial charge on any atom is -0.372 e. The Balaban J connectivity index is 1.61. The molecule has 0 spiro atoms. The van der Waals surface area contributed by atoms with E-state index in [2.05, 4.69) is 35.9 Å². The molecular weight excluding hydrogens is 250 g/mol. The van der Waals surface area contributed by atoms with Gasteiger partial charge < -0.3 is 10.1 Å². The van der Waals surface area contributed by atoms with Crippen molar-refractivity contribution in [3.8, 4) is 0 Å². The minimum absolute atomic E-state index is 0.448. The highest BCUT2D eigenvalue weighted by atomic mass is 16.5. The second-order valence-electron chi connectivity index (χ2n) is 6.59. The molecule has 2 aliphatic heterocycles. The Morgan fingerprint density at radius 3 is 2.45 bits per heavy atom. The molecule has 0 bridgehead atoms. The van der Waals surface area contributed by atoms with Gasteiger partial charge in [0.1, 0.15) is 0 Å². The van der Waals surface area contributed by atoms with E-state index in [1.807, 2.05) is 0 Å². The lowest BCUT2D eigenvalue weighted by Gasteiger charge is -2.37. The molecular formula is C16H33N3O. The normalized spacial score (nSPS) is 29.4. The first-order chi connectivity index (χ1) is 9.69. The van der Waals surface area contributed by atoms with Gasteiger partial charge in [-0.1, -0.05) is 6.92 Å². The van der Waals surface area contributed by atoms with Gasteiger partial charge in [-0.3, -0.25) is 9.80 Å². The van der Waals surface area contributed by atoms with Gasteiger partial charge in [0.15, 0.2) is 0 Å². The third-order valence-electron chi connectivity index (χ3n) is 4.59. The van der Waals surface area contributed by atoms with Crippen molar-refractivity contribution in [3.63, 3.8) is 0 Å². The number of nitrogens with one attached hydrogen (secondary N) is 1. The topological polar surface area (TPSA) is 27.7 Å². The van der Waals surface area contributed by atoms with Crippen molar-refractivity contribution in [2.75, 3.05) is 45.8 Å². The van der Waals surface area contributed by atoms with Gasteiger partial charge in [0, 0.05) is 45.3 Å². The van der Waals surface area contributed by atoms with E-state index in [9.17, 15) is 0 Å². The van der Waals surface area contributed by atoms with Crippen molar-refractivity contribution >= 4 is 0 Å². The van der Waals surface area contributed by atoms with Crippen LogP contribution in [0.25, 0.3) is 0 Å². The summed E-state index contributed by atoms with van der Waals surface area (Å²) in [5, 5.41) is 3.47. The Kier molecular flexibility index (Phi) is 6.75. The molecule has 2 rings (SSSR count). The molecule has 4 heteroatoms. The van der Waals surface area contributed by atoms with Gasteiger partial charge in [-0.05, 0) is 39.7 Å². The lowest BCUT2D eigenvalue weighted by molar-refractivity contribution is 0.0100. The Bertz CT molecular complexity index is 264. The standard InChI is InChI=1S/C16H33N3O/c1-4-7-17-12-15-5-6-16(20-15)13-18-8-10-19(11-9-18)14(2)3/h14-17H,4-13H2,1-3H3. The zero-order chi connectivity index (χ0) is 14.4. The predicted octanol–water partition coefficient (Wildman–Crippen LogP) is 1.56. The summed E-state index contributed by atoms with van der Waals surface area (Å²) in [6.07, 6.45) is 4.59. The van der Waals surface area contributed by atoms with Crippen LogP contribution < -0.4 is 5.32 Å². The van der Waals surface area contributed by atoms with Gasteiger partial charge in [0.25, 0.3) is 0 Å². The van der Waals surface area contributed by atoms with Crippen LogP contribution in [-0.2, 0) is 4.74 Å². The van der Waals surface area contributed by atoms with Crippen molar-refractivity contribution < 1.29 is 4.74 Å². The van der Waals surface area contributed by atoms with Crippen LogP contribution in [-0.4, -0.2) is 73.9 Å².